The van der Waals surface area contributed by atoms with Crippen molar-refractivity contribution in [3.63, 3.8) is 0 Å². The number of ether oxygens (including phenoxy) is 2. The molecule has 2 rings (SSSR count). The molecule has 0 aliphatic carbocycles. The first-order chi connectivity index (χ1) is 10.1. The number of benzene rings is 1. The topological polar surface area (TPSA) is 70.4 Å². The van der Waals surface area contributed by atoms with Crippen LogP contribution >= 0.6 is 11.8 Å². The van der Waals surface area contributed by atoms with Gasteiger partial charge in [-0.1, -0.05) is 11.8 Å². The van der Waals surface area contributed by atoms with Crippen LogP contribution in [0.4, 0.5) is 0 Å². The van der Waals surface area contributed by atoms with Crippen molar-refractivity contribution >= 4 is 17.7 Å². The number of aromatic nitrogens is 2. The van der Waals surface area contributed by atoms with Crippen LogP contribution in [-0.2, 0) is 4.74 Å². The average molecular weight is 306 g/mol. The van der Waals surface area contributed by atoms with Crippen LogP contribution in [0.3, 0.4) is 0 Å². The molecule has 110 valence electrons. The van der Waals surface area contributed by atoms with Crippen molar-refractivity contribution in [2.24, 2.45) is 0 Å². The zero-order chi connectivity index (χ0) is 15.4. The second-order valence-corrected chi connectivity index (χ2v) is 4.76. The Morgan fingerprint density at radius 3 is 2.43 bits per heavy atom. The lowest BCUT2D eigenvalue weighted by atomic mass is 10.3. The summed E-state index contributed by atoms with van der Waals surface area (Å²) in [5, 5.41) is 0.410. The molecular formula is C14H14N2O4S. The van der Waals surface area contributed by atoms with E-state index >= 15 is 0 Å². The fourth-order valence-electron chi connectivity index (χ4n) is 1.78. The van der Waals surface area contributed by atoms with Crippen LogP contribution in [0.25, 0.3) is 5.69 Å². The number of methoxy groups -OCH3 is 2. The molecule has 1 heterocycles. The predicted octanol–water partition coefficient (Wildman–Crippen LogP) is 1.75. The first kappa shape index (κ1) is 15.1. The minimum absolute atomic E-state index is 0.00314. The van der Waals surface area contributed by atoms with Gasteiger partial charge in [0.25, 0.3) is 5.56 Å². The molecule has 2 aromatic rings. The first-order valence-electron chi connectivity index (χ1n) is 6.01. The van der Waals surface area contributed by atoms with Gasteiger partial charge in [-0.25, -0.2) is 9.78 Å². The van der Waals surface area contributed by atoms with Gasteiger partial charge in [-0.15, -0.1) is 0 Å². The molecule has 1 aromatic carbocycles. The summed E-state index contributed by atoms with van der Waals surface area (Å²) in [5.74, 6) is 0.0564. The van der Waals surface area contributed by atoms with Crippen LogP contribution in [-0.4, -0.2) is 36.0 Å². The normalized spacial score (nSPS) is 10.2. The number of thioether (sulfide) groups is 1. The molecular weight excluding hydrogens is 292 g/mol. The van der Waals surface area contributed by atoms with E-state index in [0.717, 1.165) is 6.07 Å². The Balaban J connectivity index is 2.57. The van der Waals surface area contributed by atoms with E-state index < -0.39 is 5.97 Å². The maximum Gasteiger partial charge on any atom is 0.356 e. The predicted molar refractivity (Wildman–Crippen MR) is 79.5 cm³/mol. The number of esters is 1. The molecule has 6 nitrogen and oxygen atoms in total. The number of carbonyl (C=O) groups excluding carboxylic acids is 1. The highest BCUT2D eigenvalue weighted by molar-refractivity contribution is 7.98. The Hall–Kier alpha value is -2.28. The number of carbonyl (C=O) groups is 1. The molecule has 0 saturated carbocycles. The van der Waals surface area contributed by atoms with E-state index in [1.807, 2.05) is 0 Å². The van der Waals surface area contributed by atoms with Crippen LogP contribution in [0.5, 0.6) is 5.75 Å². The van der Waals surface area contributed by atoms with Crippen molar-refractivity contribution in [3.05, 3.63) is 46.4 Å². The average Bonchev–Trinajstić information content (AvgIpc) is 2.53. The van der Waals surface area contributed by atoms with Gasteiger partial charge >= 0.3 is 5.97 Å². The number of nitrogens with zero attached hydrogens (tertiary/aromatic N) is 2. The maximum absolute atomic E-state index is 12.3. The third kappa shape index (κ3) is 3.08. The lowest BCUT2D eigenvalue weighted by Crippen LogP contribution is -2.23. The lowest BCUT2D eigenvalue weighted by Gasteiger charge is -2.11. The van der Waals surface area contributed by atoms with Gasteiger partial charge in [-0.2, -0.15) is 0 Å². The molecule has 0 fully saturated rings. The zero-order valence-electron chi connectivity index (χ0n) is 11.8. The summed E-state index contributed by atoms with van der Waals surface area (Å²) < 4.78 is 11.1. The van der Waals surface area contributed by atoms with Crippen LogP contribution in [0.2, 0.25) is 0 Å². The molecule has 7 heteroatoms. The fraction of sp³-hybridized carbons (Fsp3) is 0.214. The molecule has 0 spiro atoms. The quantitative estimate of drug-likeness (QED) is 0.487. The number of hydrogen-bond donors (Lipinski definition) is 0. The highest BCUT2D eigenvalue weighted by Gasteiger charge is 2.15. The molecule has 0 amide bonds. The molecule has 0 aliphatic heterocycles. The molecule has 1 aromatic heterocycles. The zero-order valence-corrected chi connectivity index (χ0v) is 12.6. The Morgan fingerprint density at radius 1 is 1.24 bits per heavy atom. The van der Waals surface area contributed by atoms with Crippen molar-refractivity contribution in [2.45, 2.75) is 5.16 Å². The standard InChI is InChI=1S/C14H14N2O4S/c1-19-10-6-4-9(5-7-10)16-12(17)8-11(13(18)20-2)15-14(16)21-3/h4-8H,1-3H3. The fourth-order valence-corrected chi connectivity index (χ4v) is 2.34. The molecule has 0 saturated heterocycles. The van der Waals surface area contributed by atoms with Crippen molar-refractivity contribution in [1.82, 2.24) is 9.55 Å². The van der Waals surface area contributed by atoms with Crippen molar-refractivity contribution in [2.75, 3.05) is 20.5 Å². The third-order valence-electron chi connectivity index (χ3n) is 2.80. The summed E-state index contributed by atoms with van der Waals surface area (Å²) in [5.41, 5.74) is 0.297. The van der Waals surface area contributed by atoms with Crippen LogP contribution in [0, 0.1) is 0 Å². The van der Waals surface area contributed by atoms with E-state index in [0.29, 0.717) is 16.6 Å². The van der Waals surface area contributed by atoms with Crippen LogP contribution < -0.4 is 10.3 Å². The summed E-state index contributed by atoms with van der Waals surface area (Å²) in [7, 11) is 2.82. The summed E-state index contributed by atoms with van der Waals surface area (Å²) in [6, 6.07) is 8.16. The number of hydrogen-bond acceptors (Lipinski definition) is 6. The van der Waals surface area contributed by atoms with Gasteiger partial charge in [0.2, 0.25) is 0 Å². The third-order valence-corrected chi connectivity index (χ3v) is 3.43. The van der Waals surface area contributed by atoms with Gasteiger partial charge in [0.15, 0.2) is 10.9 Å². The second kappa shape index (κ2) is 6.45. The maximum atomic E-state index is 12.3. The van der Waals surface area contributed by atoms with E-state index in [2.05, 4.69) is 9.72 Å². The summed E-state index contributed by atoms with van der Waals surface area (Å²) >= 11 is 1.27. The molecule has 0 atom stereocenters. The SMILES string of the molecule is COC(=O)c1cc(=O)n(-c2ccc(OC)cc2)c(SC)n1. The van der Waals surface area contributed by atoms with E-state index in [-0.39, 0.29) is 11.3 Å². The van der Waals surface area contributed by atoms with E-state index in [9.17, 15) is 9.59 Å². The summed E-state index contributed by atoms with van der Waals surface area (Å²) in [6.07, 6.45) is 1.78. The van der Waals surface area contributed by atoms with Crippen molar-refractivity contribution in [1.29, 1.82) is 0 Å². The largest absolute Gasteiger partial charge is 0.497 e. The Morgan fingerprint density at radius 2 is 1.90 bits per heavy atom. The van der Waals surface area contributed by atoms with E-state index in [4.69, 9.17) is 4.74 Å². The summed E-state index contributed by atoms with van der Waals surface area (Å²) in [6.45, 7) is 0. The number of rotatable bonds is 4. The Bertz CT molecular complexity index is 710. The van der Waals surface area contributed by atoms with Gasteiger partial charge in [-0.3, -0.25) is 9.36 Å². The van der Waals surface area contributed by atoms with Crippen LogP contribution in [0.15, 0.2) is 40.3 Å². The molecule has 0 unspecified atom stereocenters. The molecule has 0 N–H and O–H groups in total. The van der Waals surface area contributed by atoms with Crippen molar-refractivity contribution < 1.29 is 14.3 Å². The summed E-state index contributed by atoms with van der Waals surface area (Å²) in [4.78, 5) is 27.9. The van der Waals surface area contributed by atoms with Crippen molar-refractivity contribution in [3.8, 4) is 11.4 Å². The van der Waals surface area contributed by atoms with E-state index in [1.54, 1.807) is 37.6 Å². The molecule has 0 radical (unpaired) electrons. The van der Waals surface area contributed by atoms with Gasteiger partial charge in [0.1, 0.15) is 5.75 Å². The molecule has 21 heavy (non-hydrogen) atoms. The van der Waals surface area contributed by atoms with Gasteiger partial charge in [0, 0.05) is 6.07 Å². The monoisotopic (exact) mass is 306 g/mol. The Kier molecular flexibility index (Phi) is 4.64. The van der Waals surface area contributed by atoms with Gasteiger partial charge in [-0.05, 0) is 30.5 Å². The minimum atomic E-state index is -0.635. The highest BCUT2D eigenvalue weighted by atomic mass is 32.2. The Labute approximate surface area is 125 Å². The van der Waals surface area contributed by atoms with E-state index in [1.165, 1.54) is 23.4 Å². The van der Waals surface area contributed by atoms with Gasteiger partial charge in [0.05, 0.1) is 19.9 Å². The van der Waals surface area contributed by atoms with Gasteiger partial charge < -0.3 is 9.47 Å². The smallest absolute Gasteiger partial charge is 0.356 e. The van der Waals surface area contributed by atoms with Crippen LogP contribution in [0.1, 0.15) is 10.5 Å². The molecule has 0 bridgehead atoms. The molecule has 0 aliphatic rings. The highest BCUT2D eigenvalue weighted by Crippen LogP contribution is 2.19. The lowest BCUT2D eigenvalue weighted by molar-refractivity contribution is 0.0592. The second-order valence-electron chi connectivity index (χ2n) is 3.99. The minimum Gasteiger partial charge on any atom is -0.497 e. The first-order valence-corrected chi connectivity index (χ1v) is 7.24.